The maximum absolute atomic E-state index is 11.2. The van der Waals surface area contributed by atoms with E-state index in [1.807, 2.05) is 12.2 Å². The number of anilines is 1. The van der Waals surface area contributed by atoms with E-state index in [0.29, 0.717) is 25.3 Å². The Kier molecular flexibility index (Phi) is 4.26. The number of carboxylic acids is 1. The zero-order valence-corrected chi connectivity index (χ0v) is 14.9. The fourth-order valence-corrected chi connectivity index (χ4v) is 3.20. The second-order valence-electron chi connectivity index (χ2n) is 7.19. The Hall–Kier alpha value is -2.63. The Morgan fingerprint density at radius 3 is 2.85 bits per heavy atom. The minimum absolute atomic E-state index is 0.208. The van der Waals surface area contributed by atoms with Gasteiger partial charge in [0.2, 0.25) is 0 Å². The summed E-state index contributed by atoms with van der Waals surface area (Å²) in [5.74, 6) is 0.756. The van der Waals surface area contributed by atoms with E-state index in [4.69, 9.17) is 9.47 Å². The third-order valence-corrected chi connectivity index (χ3v) is 5.32. The molecule has 1 aliphatic carbocycles. The third-order valence-electron chi connectivity index (χ3n) is 5.32. The van der Waals surface area contributed by atoms with Crippen LogP contribution in [0.5, 0.6) is 5.75 Å². The van der Waals surface area contributed by atoms with Crippen molar-refractivity contribution in [2.24, 2.45) is 5.41 Å². The molecule has 0 spiro atoms. The van der Waals surface area contributed by atoms with E-state index in [1.54, 1.807) is 0 Å². The molecule has 1 unspecified atom stereocenters. The normalized spacial score (nSPS) is 22.6. The Morgan fingerprint density at radius 2 is 2.19 bits per heavy atom. The monoisotopic (exact) mass is 356 g/mol. The summed E-state index contributed by atoms with van der Waals surface area (Å²) < 4.78 is 11.7. The van der Waals surface area contributed by atoms with Crippen molar-refractivity contribution in [1.29, 1.82) is 0 Å². The number of carbonyl (C=O) groups is 1. The molecule has 3 aliphatic rings. The molecule has 1 aromatic carbocycles. The van der Waals surface area contributed by atoms with Crippen LogP contribution in [0.2, 0.25) is 0 Å². The van der Waals surface area contributed by atoms with Crippen molar-refractivity contribution in [2.75, 3.05) is 25.0 Å². The Balaban J connectivity index is 1.44. The van der Waals surface area contributed by atoms with Gasteiger partial charge in [-0.1, -0.05) is 19.1 Å². The first-order valence-corrected chi connectivity index (χ1v) is 9.15. The molecule has 3 N–H and O–H groups in total. The van der Waals surface area contributed by atoms with Gasteiger partial charge in [-0.3, -0.25) is 4.79 Å². The maximum Gasteiger partial charge on any atom is 0.313 e. The molecular formula is C20H24N2O4. The molecule has 2 aliphatic heterocycles. The van der Waals surface area contributed by atoms with Crippen molar-refractivity contribution < 1.29 is 19.4 Å². The summed E-state index contributed by atoms with van der Waals surface area (Å²) in [6.07, 6.45) is 6.45. The highest BCUT2D eigenvalue weighted by Crippen LogP contribution is 2.46. The quantitative estimate of drug-likeness (QED) is 0.727. The number of hydrogen-bond acceptors (Lipinski definition) is 5. The molecule has 138 valence electrons. The number of rotatable bonds is 6. The molecule has 0 amide bonds. The van der Waals surface area contributed by atoms with Crippen molar-refractivity contribution in [2.45, 2.75) is 32.3 Å². The molecule has 2 heterocycles. The molecule has 6 nitrogen and oxygen atoms in total. The van der Waals surface area contributed by atoms with Crippen molar-refractivity contribution in [3.63, 3.8) is 0 Å². The zero-order chi connectivity index (χ0) is 18.1. The number of fused-ring (bicyclic) bond motifs is 1. The lowest BCUT2D eigenvalue weighted by Crippen LogP contribution is -2.30. The van der Waals surface area contributed by atoms with E-state index in [1.165, 1.54) is 0 Å². The molecule has 4 rings (SSSR count). The lowest BCUT2D eigenvalue weighted by atomic mass is 10.0. The number of nitrogens with one attached hydrogen (secondary N) is 2. The van der Waals surface area contributed by atoms with E-state index in [0.717, 1.165) is 35.5 Å². The van der Waals surface area contributed by atoms with Crippen LogP contribution in [0.15, 0.2) is 36.2 Å². The van der Waals surface area contributed by atoms with Gasteiger partial charge in [-0.15, -0.1) is 0 Å². The Morgan fingerprint density at radius 1 is 1.35 bits per heavy atom. The van der Waals surface area contributed by atoms with Crippen LogP contribution in [0.25, 0.3) is 5.57 Å². The molecule has 6 heteroatoms. The summed E-state index contributed by atoms with van der Waals surface area (Å²) in [5.41, 5.74) is 2.60. The standard InChI is InChI=1S/C20H24N2O4/c1-2-15-11-21-16-5-3-13(9-17(16)26-15)14-4-6-18(22-10-14)25-12-20(7-8-20)19(23)24/h3-6,9,15,21-22H,2,7-8,10-12H2,1H3,(H,23,24). The van der Waals surface area contributed by atoms with Gasteiger partial charge in [0.1, 0.15) is 23.9 Å². The molecule has 0 bridgehead atoms. The van der Waals surface area contributed by atoms with E-state index in [9.17, 15) is 9.90 Å². The first kappa shape index (κ1) is 16.8. The van der Waals surface area contributed by atoms with Gasteiger partial charge in [-0.25, -0.2) is 0 Å². The van der Waals surface area contributed by atoms with Gasteiger partial charge in [0.15, 0.2) is 5.88 Å². The highest BCUT2D eigenvalue weighted by atomic mass is 16.5. The fraction of sp³-hybridized carbons (Fsp3) is 0.450. The van der Waals surface area contributed by atoms with Crippen molar-refractivity contribution in [3.8, 4) is 5.75 Å². The van der Waals surface area contributed by atoms with Crippen LogP contribution in [-0.2, 0) is 9.53 Å². The maximum atomic E-state index is 11.2. The number of ether oxygens (including phenoxy) is 2. The summed E-state index contributed by atoms with van der Waals surface area (Å²) in [7, 11) is 0. The molecule has 1 saturated carbocycles. The topological polar surface area (TPSA) is 79.8 Å². The second-order valence-corrected chi connectivity index (χ2v) is 7.19. The first-order chi connectivity index (χ1) is 12.6. The van der Waals surface area contributed by atoms with Crippen LogP contribution in [0.4, 0.5) is 5.69 Å². The average Bonchev–Trinajstić information content (AvgIpc) is 3.47. The van der Waals surface area contributed by atoms with Gasteiger partial charge in [0, 0.05) is 6.54 Å². The average molecular weight is 356 g/mol. The van der Waals surface area contributed by atoms with E-state index >= 15 is 0 Å². The predicted octanol–water partition coefficient (Wildman–Crippen LogP) is 2.98. The summed E-state index contributed by atoms with van der Waals surface area (Å²) in [5, 5.41) is 15.8. The number of carboxylic acid groups (broad SMARTS) is 1. The van der Waals surface area contributed by atoms with E-state index in [-0.39, 0.29) is 12.7 Å². The van der Waals surface area contributed by atoms with E-state index < -0.39 is 11.4 Å². The highest BCUT2D eigenvalue weighted by Gasteiger charge is 2.51. The van der Waals surface area contributed by atoms with Gasteiger partial charge in [-0.05, 0) is 48.6 Å². The lowest BCUT2D eigenvalue weighted by Gasteiger charge is -2.27. The number of benzene rings is 1. The minimum Gasteiger partial charge on any atom is -0.486 e. The summed E-state index contributed by atoms with van der Waals surface area (Å²) >= 11 is 0. The SMILES string of the molecule is CCC1CNc2ccc(C3=CC=C(OCC4(C(=O)O)CC4)NC3)cc2O1. The van der Waals surface area contributed by atoms with Crippen LogP contribution in [0.1, 0.15) is 31.7 Å². The van der Waals surface area contributed by atoms with Crippen LogP contribution in [0.3, 0.4) is 0 Å². The molecule has 1 fully saturated rings. The van der Waals surface area contributed by atoms with Crippen LogP contribution in [-0.4, -0.2) is 36.9 Å². The van der Waals surface area contributed by atoms with Gasteiger partial charge in [-0.2, -0.15) is 0 Å². The van der Waals surface area contributed by atoms with Crippen molar-refractivity contribution >= 4 is 17.2 Å². The summed E-state index contributed by atoms with van der Waals surface area (Å²) in [6, 6.07) is 6.20. The molecule has 1 atom stereocenters. The zero-order valence-electron chi connectivity index (χ0n) is 14.9. The minimum atomic E-state index is -0.766. The summed E-state index contributed by atoms with van der Waals surface area (Å²) in [4.78, 5) is 11.2. The lowest BCUT2D eigenvalue weighted by molar-refractivity contribution is -0.145. The molecule has 26 heavy (non-hydrogen) atoms. The molecule has 0 aromatic heterocycles. The Bertz CT molecular complexity index is 780. The smallest absolute Gasteiger partial charge is 0.313 e. The van der Waals surface area contributed by atoms with Gasteiger partial charge < -0.3 is 25.2 Å². The Labute approximate surface area is 152 Å². The third kappa shape index (κ3) is 3.23. The first-order valence-electron chi connectivity index (χ1n) is 9.15. The molecule has 0 radical (unpaired) electrons. The van der Waals surface area contributed by atoms with Crippen LogP contribution < -0.4 is 15.4 Å². The van der Waals surface area contributed by atoms with Gasteiger partial charge in [0.05, 0.1) is 12.2 Å². The van der Waals surface area contributed by atoms with E-state index in [2.05, 4.69) is 35.8 Å². The van der Waals surface area contributed by atoms with Crippen LogP contribution >= 0.6 is 0 Å². The largest absolute Gasteiger partial charge is 0.486 e. The van der Waals surface area contributed by atoms with Crippen molar-refractivity contribution in [3.05, 3.63) is 41.8 Å². The number of aliphatic carboxylic acids is 1. The highest BCUT2D eigenvalue weighted by molar-refractivity contribution is 5.78. The number of dihydropyridines is 1. The molecular weight excluding hydrogens is 332 g/mol. The number of allylic oxidation sites excluding steroid dienone is 2. The van der Waals surface area contributed by atoms with Gasteiger partial charge >= 0.3 is 5.97 Å². The van der Waals surface area contributed by atoms with Crippen molar-refractivity contribution in [1.82, 2.24) is 5.32 Å². The predicted molar refractivity (Wildman–Crippen MR) is 99.0 cm³/mol. The molecule has 1 aromatic rings. The second kappa shape index (κ2) is 6.59. The summed E-state index contributed by atoms with van der Waals surface area (Å²) in [6.45, 7) is 3.82. The fourth-order valence-electron chi connectivity index (χ4n) is 3.20. The van der Waals surface area contributed by atoms with Crippen LogP contribution in [0, 0.1) is 5.41 Å². The molecule has 0 saturated heterocycles. The van der Waals surface area contributed by atoms with Gasteiger partial charge in [0.25, 0.3) is 0 Å². The number of hydrogen-bond donors (Lipinski definition) is 3.